The molecule has 3 rings (SSSR count). The van der Waals surface area contributed by atoms with Gasteiger partial charge in [0, 0.05) is 44.3 Å². The maximum Gasteiger partial charge on any atom is 0.333 e. The molecule has 2 N–H and O–H groups in total. The fraction of sp³-hybridized carbons (Fsp3) is 0.308. The van der Waals surface area contributed by atoms with Crippen molar-refractivity contribution in [1.29, 1.82) is 0 Å². The minimum Gasteiger partial charge on any atom is -0.486 e. The van der Waals surface area contributed by atoms with Crippen LogP contribution in [0.4, 0.5) is 0 Å². The number of imide groups is 1. The van der Waals surface area contributed by atoms with Crippen LogP contribution in [0, 0.1) is 0 Å². The van der Waals surface area contributed by atoms with Crippen molar-refractivity contribution in [3.05, 3.63) is 54.1 Å². The Labute approximate surface area is 213 Å². The summed E-state index contributed by atoms with van der Waals surface area (Å²) in [6, 6.07) is 14.2. The number of benzene rings is 2. The molecule has 2 aromatic carbocycles. The van der Waals surface area contributed by atoms with E-state index >= 15 is 0 Å². The molecule has 0 unspecified atom stereocenters. The molecule has 0 aromatic heterocycles. The molecule has 2 aromatic rings. The number of hydrogen-bond acceptors (Lipinski definition) is 8. The molecular weight excluding hydrogens is 482 g/mol. The van der Waals surface area contributed by atoms with E-state index in [4.69, 9.17) is 9.57 Å². The zero-order valence-electron chi connectivity index (χ0n) is 20.1. The van der Waals surface area contributed by atoms with Crippen LogP contribution in [0.3, 0.4) is 0 Å². The van der Waals surface area contributed by atoms with Crippen molar-refractivity contribution in [2.45, 2.75) is 32.1 Å². The van der Waals surface area contributed by atoms with Crippen LogP contribution in [0.2, 0.25) is 0 Å². The molecule has 37 heavy (non-hydrogen) atoms. The summed E-state index contributed by atoms with van der Waals surface area (Å²) in [5, 5.41) is 5.86. The van der Waals surface area contributed by atoms with Crippen LogP contribution in [0.5, 0.6) is 5.75 Å². The number of ether oxygens (including phenoxy) is 1. The Morgan fingerprint density at radius 1 is 0.892 bits per heavy atom. The molecule has 11 heteroatoms. The van der Waals surface area contributed by atoms with Crippen LogP contribution in [-0.4, -0.2) is 60.6 Å². The van der Waals surface area contributed by atoms with E-state index in [2.05, 4.69) is 10.6 Å². The first-order valence-electron chi connectivity index (χ1n) is 11.8. The van der Waals surface area contributed by atoms with Gasteiger partial charge in [0.15, 0.2) is 6.29 Å². The average molecular weight is 510 g/mol. The van der Waals surface area contributed by atoms with Crippen molar-refractivity contribution < 1.29 is 38.3 Å². The van der Waals surface area contributed by atoms with Crippen molar-refractivity contribution >= 4 is 35.9 Å². The Morgan fingerprint density at radius 2 is 1.59 bits per heavy atom. The minimum atomic E-state index is -0.756. The van der Waals surface area contributed by atoms with Crippen molar-refractivity contribution in [3.63, 3.8) is 0 Å². The molecule has 194 valence electrons. The Hall–Kier alpha value is -4.54. The van der Waals surface area contributed by atoms with Crippen LogP contribution >= 0.6 is 0 Å². The van der Waals surface area contributed by atoms with Crippen molar-refractivity contribution in [3.8, 4) is 16.9 Å². The molecule has 4 amide bonds. The van der Waals surface area contributed by atoms with Gasteiger partial charge >= 0.3 is 5.97 Å². The van der Waals surface area contributed by atoms with E-state index in [1.165, 1.54) is 0 Å². The summed E-state index contributed by atoms with van der Waals surface area (Å²) in [5.74, 6) is -1.90. The van der Waals surface area contributed by atoms with Gasteiger partial charge in [0.05, 0.1) is 0 Å². The zero-order chi connectivity index (χ0) is 26.6. The monoisotopic (exact) mass is 509 g/mol. The standard InChI is InChI=1S/C26H27N3O8/c30-15-16-36-21-9-7-18(8-10-21)19-3-1-4-20(17-19)26(35)28-14-13-27-22(31)5-2-6-25(34)37-29-23(32)11-12-24(29)33/h1,3-4,7-10,15,17H,2,5-6,11-14,16H2,(H,27,31)(H,28,35). The van der Waals surface area contributed by atoms with Gasteiger partial charge in [-0.15, -0.1) is 5.06 Å². The summed E-state index contributed by atoms with van der Waals surface area (Å²) in [7, 11) is 0. The largest absolute Gasteiger partial charge is 0.486 e. The number of hydroxylamine groups is 2. The molecular formula is C26H27N3O8. The molecule has 1 aliphatic rings. The lowest BCUT2D eigenvalue weighted by atomic mass is 10.0. The SMILES string of the molecule is O=CCOc1ccc(-c2cccc(C(=O)NCCNC(=O)CCCC(=O)ON3C(=O)CCC3=O)c2)cc1. The second-order valence-corrected chi connectivity index (χ2v) is 8.09. The first-order valence-corrected chi connectivity index (χ1v) is 11.8. The fourth-order valence-corrected chi connectivity index (χ4v) is 3.48. The molecule has 0 saturated carbocycles. The van der Waals surface area contributed by atoms with Gasteiger partial charge < -0.3 is 20.2 Å². The smallest absolute Gasteiger partial charge is 0.333 e. The number of nitrogens with zero attached hydrogens (tertiary/aromatic N) is 1. The lowest BCUT2D eigenvalue weighted by Crippen LogP contribution is -2.34. The van der Waals surface area contributed by atoms with Gasteiger partial charge in [-0.2, -0.15) is 0 Å². The highest BCUT2D eigenvalue weighted by Crippen LogP contribution is 2.23. The molecule has 0 radical (unpaired) electrons. The normalized spacial score (nSPS) is 12.7. The summed E-state index contributed by atoms with van der Waals surface area (Å²) >= 11 is 0. The summed E-state index contributed by atoms with van der Waals surface area (Å²) in [4.78, 5) is 74.2. The third-order valence-electron chi connectivity index (χ3n) is 5.35. The summed E-state index contributed by atoms with van der Waals surface area (Å²) < 4.78 is 5.24. The number of carbonyl (C=O) groups excluding carboxylic acids is 6. The molecule has 0 aliphatic carbocycles. The minimum absolute atomic E-state index is 0.0182. The molecule has 0 atom stereocenters. The van der Waals surface area contributed by atoms with Gasteiger partial charge in [-0.05, 0) is 41.8 Å². The first-order chi connectivity index (χ1) is 17.9. The molecule has 0 bridgehead atoms. The van der Waals surface area contributed by atoms with Crippen LogP contribution < -0.4 is 15.4 Å². The average Bonchev–Trinajstić information content (AvgIpc) is 3.22. The van der Waals surface area contributed by atoms with Gasteiger partial charge in [-0.25, -0.2) is 4.79 Å². The number of nitrogens with one attached hydrogen (secondary N) is 2. The second kappa shape index (κ2) is 13.5. The third kappa shape index (κ3) is 8.27. The predicted octanol–water partition coefficient (Wildman–Crippen LogP) is 1.55. The predicted molar refractivity (Wildman–Crippen MR) is 130 cm³/mol. The van der Waals surface area contributed by atoms with Crippen LogP contribution in [0.15, 0.2) is 48.5 Å². The van der Waals surface area contributed by atoms with E-state index < -0.39 is 17.8 Å². The maximum atomic E-state index is 12.5. The van der Waals surface area contributed by atoms with E-state index in [9.17, 15) is 28.8 Å². The molecule has 1 aliphatic heterocycles. The van der Waals surface area contributed by atoms with Crippen molar-refractivity contribution in [2.75, 3.05) is 19.7 Å². The highest BCUT2D eigenvalue weighted by Gasteiger charge is 2.32. The van der Waals surface area contributed by atoms with Crippen LogP contribution in [-0.2, 0) is 28.8 Å². The van der Waals surface area contributed by atoms with E-state index in [-0.39, 0.29) is 63.6 Å². The number of hydrogen-bond donors (Lipinski definition) is 2. The molecule has 1 fully saturated rings. The van der Waals surface area contributed by atoms with Gasteiger partial charge in [-0.1, -0.05) is 24.3 Å². The van der Waals surface area contributed by atoms with Gasteiger partial charge in [0.25, 0.3) is 17.7 Å². The van der Waals surface area contributed by atoms with Gasteiger partial charge in [0.1, 0.15) is 12.4 Å². The van der Waals surface area contributed by atoms with E-state index in [1.54, 1.807) is 30.3 Å². The summed E-state index contributed by atoms with van der Waals surface area (Å²) in [5.41, 5.74) is 2.17. The Bertz CT molecular complexity index is 1150. The highest BCUT2D eigenvalue weighted by molar-refractivity contribution is 6.01. The Morgan fingerprint density at radius 3 is 2.30 bits per heavy atom. The van der Waals surface area contributed by atoms with E-state index in [0.29, 0.717) is 22.7 Å². The maximum absolute atomic E-state index is 12.5. The summed E-state index contributed by atoms with van der Waals surface area (Å²) in [6.45, 7) is 0.391. The van der Waals surface area contributed by atoms with E-state index in [0.717, 1.165) is 11.1 Å². The third-order valence-corrected chi connectivity index (χ3v) is 5.35. The molecule has 11 nitrogen and oxygen atoms in total. The van der Waals surface area contributed by atoms with Gasteiger partial charge in [0.2, 0.25) is 5.91 Å². The quantitative estimate of drug-likeness (QED) is 0.235. The highest BCUT2D eigenvalue weighted by atomic mass is 16.7. The number of aldehydes is 1. The molecule has 0 spiro atoms. The second-order valence-electron chi connectivity index (χ2n) is 8.09. The number of carbonyl (C=O) groups is 6. The Balaban J connectivity index is 1.35. The van der Waals surface area contributed by atoms with Crippen molar-refractivity contribution in [1.82, 2.24) is 15.7 Å². The number of rotatable bonds is 13. The van der Waals surface area contributed by atoms with Crippen LogP contribution in [0.1, 0.15) is 42.5 Å². The van der Waals surface area contributed by atoms with Crippen molar-refractivity contribution in [2.24, 2.45) is 0 Å². The fourth-order valence-electron chi connectivity index (χ4n) is 3.48. The van der Waals surface area contributed by atoms with E-state index in [1.807, 2.05) is 18.2 Å². The lowest BCUT2D eigenvalue weighted by molar-refractivity contribution is -0.197. The van der Waals surface area contributed by atoms with Gasteiger partial charge in [-0.3, -0.25) is 24.0 Å². The first kappa shape index (κ1) is 27.1. The molecule has 1 heterocycles. The topological polar surface area (TPSA) is 148 Å². The van der Waals surface area contributed by atoms with Crippen LogP contribution in [0.25, 0.3) is 11.1 Å². The zero-order valence-corrected chi connectivity index (χ0v) is 20.1. The number of amides is 4. The Kier molecular flexibility index (Phi) is 9.89. The molecule has 1 saturated heterocycles. The summed E-state index contributed by atoms with van der Waals surface area (Å²) in [6.07, 6.45) is 0.823. The lowest BCUT2D eigenvalue weighted by Gasteiger charge is -2.12.